The maximum absolute atomic E-state index is 5.87. The van der Waals surface area contributed by atoms with Gasteiger partial charge in [-0.15, -0.1) is 11.3 Å². The highest BCUT2D eigenvalue weighted by molar-refractivity contribution is 7.09. The van der Waals surface area contributed by atoms with Gasteiger partial charge in [0.1, 0.15) is 23.3 Å². The molecule has 0 amide bonds. The molecular weight excluding hydrogens is 316 g/mol. The Bertz CT molecular complexity index is 790. The lowest BCUT2D eigenvalue weighted by Crippen LogP contribution is -2.39. The van der Waals surface area contributed by atoms with Crippen LogP contribution in [0, 0.1) is 0 Å². The Labute approximate surface area is 136 Å². The van der Waals surface area contributed by atoms with Gasteiger partial charge in [-0.25, -0.2) is 9.97 Å². The van der Waals surface area contributed by atoms with E-state index in [9.17, 15) is 0 Å². The predicted octanol–water partition coefficient (Wildman–Crippen LogP) is 1.31. The summed E-state index contributed by atoms with van der Waals surface area (Å²) in [6.07, 6.45) is 3.30. The van der Waals surface area contributed by atoms with Gasteiger partial charge in [0.2, 0.25) is 0 Å². The smallest absolute Gasteiger partial charge is 0.254 e. The standard InChI is InChI=1S/C14H16N6O2S/c1-21-8-10-6-12(20-14(18-10)16-9-17-20)19-3-4-22-11(7-19)13-15-2-5-23-13/h2,5-6,9,11H,3-4,7-8H2,1H3/t11-/m0/s1. The number of ether oxygens (including phenoxy) is 2. The van der Waals surface area contributed by atoms with Crippen LogP contribution < -0.4 is 4.90 Å². The number of aromatic nitrogens is 5. The molecule has 0 aromatic carbocycles. The number of morpholine rings is 1. The molecule has 120 valence electrons. The van der Waals surface area contributed by atoms with Gasteiger partial charge in [-0.2, -0.15) is 14.6 Å². The zero-order chi connectivity index (χ0) is 15.6. The van der Waals surface area contributed by atoms with Gasteiger partial charge in [-0.3, -0.25) is 0 Å². The first-order chi connectivity index (χ1) is 11.3. The van der Waals surface area contributed by atoms with Crippen LogP contribution in [0.3, 0.4) is 0 Å². The number of hydrogen-bond donors (Lipinski definition) is 0. The largest absolute Gasteiger partial charge is 0.378 e. The van der Waals surface area contributed by atoms with Gasteiger partial charge in [0.05, 0.1) is 25.5 Å². The molecule has 1 aliphatic rings. The van der Waals surface area contributed by atoms with E-state index in [0.717, 1.165) is 29.6 Å². The minimum atomic E-state index is -0.0265. The molecule has 3 aromatic rings. The van der Waals surface area contributed by atoms with Gasteiger partial charge in [0, 0.05) is 31.3 Å². The molecule has 3 aromatic heterocycles. The first kappa shape index (κ1) is 14.5. The summed E-state index contributed by atoms with van der Waals surface area (Å²) in [5.41, 5.74) is 0.834. The molecule has 0 aliphatic carbocycles. The molecule has 23 heavy (non-hydrogen) atoms. The fraction of sp³-hybridized carbons (Fsp3) is 0.429. The summed E-state index contributed by atoms with van der Waals surface area (Å²) >= 11 is 1.61. The number of hydrogen-bond acceptors (Lipinski definition) is 8. The van der Waals surface area contributed by atoms with Gasteiger partial charge in [-0.05, 0) is 0 Å². The van der Waals surface area contributed by atoms with Gasteiger partial charge >= 0.3 is 0 Å². The lowest BCUT2D eigenvalue weighted by atomic mass is 10.2. The van der Waals surface area contributed by atoms with Crippen LogP contribution in [0.1, 0.15) is 16.8 Å². The normalized spacial score (nSPS) is 18.7. The molecule has 0 bridgehead atoms. The maximum Gasteiger partial charge on any atom is 0.254 e. The van der Waals surface area contributed by atoms with Crippen molar-refractivity contribution in [2.75, 3.05) is 31.7 Å². The molecule has 0 spiro atoms. The van der Waals surface area contributed by atoms with Gasteiger partial charge in [-0.1, -0.05) is 0 Å². The van der Waals surface area contributed by atoms with E-state index >= 15 is 0 Å². The summed E-state index contributed by atoms with van der Waals surface area (Å²) < 4.78 is 12.8. The number of fused-ring (bicyclic) bond motifs is 1. The van der Waals surface area contributed by atoms with Crippen molar-refractivity contribution < 1.29 is 9.47 Å². The van der Waals surface area contributed by atoms with Crippen LogP contribution in [0.25, 0.3) is 5.78 Å². The second-order valence-electron chi connectivity index (χ2n) is 5.19. The van der Waals surface area contributed by atoms with Crippen LogP contribution in [0.4, 0.5) is 5.82 Å². The number of methoxy groups -OCH3 is 1. The fourth-order valence-corrected chi connectivity index (χ4v) is 3.37. The molecular formula is C14H16N6O2S. The van der Waals surface area contributed by atoms with E-state index in [1.54, 1.807) is 29.2 Å². The molecule has 0 unspecified atom stereocenters. The highest BCUT2D eigenvalue weighted by Crippen LogP contribution is 2.27. The highest BCUT2D eigenvalue weighted by atomic mass is 32.1. The molecule has 8 nitrogen and oxygen atoms in total. The van der Waals surface area contributed by atoms with Crippen molar-refractivity contribution in [3.05, 3.63) is 34.7 Å². The third-order valence-electron chi connectivity index (χ3n) is 3.70. The number of rotatable bonds is 4. The number of nitrogens with zero attached hydrogens (tertiary/aromatic N) is 6. The van der Waals surface area contributed by atoms with Crippen molar-refractivity contribution in [1.29, 1.82) is 0 Å². The summed E-state index contributed by atoms with van der Waals surface area (Å²) in [6, 6.07) is 2.00. The Morgan fingerprint density at radius 1 is 1.43 bits per heavy atom. The van der Waals surface area contributed by atoms with E-state index in [-0.39, 0.29) is 6.10 Å². The molecule has 0 saturated carbocycles. The fourth-order valence-electron chi connectivity index (χ4n) is 2.69. The van der Waals surface area contributed by atoms with Crippen molar-refractivity contribution >= 4 is 22.9 Å². The third-order valence-corrected chi connectivity index (χ3v) is 4.56. The molecule has 9 heteroatoms. The molecule has 1 aliphatic heterocycles. The zero-order valence-electron chi connectivity index (χ0n) is 12.6. The van der Waals surface area contributed by atoms with Crippen molar-refractivity contribution in [1.82, 2.24) is 24.6 Å². The zero-order valence-corrected chi connectivity index (χ0v) is 13.4. The van der Waals surface area contributed by atoms with E-state index in [2.05, 4.69) is 25.0 Å². The SMILES string of the molecule is COCc1cc(N2CCO[C@H](c3nccs3)C2)n2ncnc2n1. The Kier molecular flexibility index (Phi) is 3.90. The van der Waals surface area contributed by atoms with Gasteiger partial charge < -0.3 is 14.4 Å². The van der Waals surface area contributed by atoms with Crippen molar-refractivity contribution in [3.8, 4) is 0 Å². The van der Waals surface area contributed by atoms with Crippen LogP contribution in [0.2, 0.25) is 0 Å². The van der Waals surface area contributed by atoms with Gasteiger partial charge in [0.25, 0.3) is 5.78 Å². The minimum Gasteiger partial charge on any atom is -0.378 e. The average Bonchev–Trinajstić information content (AvgIpc) is 3.26. The van der Waals surface area contributed by atoms with E-state index in [4.69, 9.17) is 9.47 Å². The van der Waals surface area contributed by atoms with Crippen LogP contribution in [0.15, 0.2) is 24.0 Å². The Morgan fingerprint density at radius 3 is 3.22 bits per heavy atom. The third kappa shape index (κ3) is 2.78. The molecule has 0 N–H and O–H groups in total. The quantitative estimate of drug-likeness (QED) is 0.713. The lowest BCUT2D eigenvalue weighted by molar-refractivity contribution is 0.0392. The van der Waals surface area contributed by atoms with Gasteiger partial charge in [0.15, 0.2) is 0 Å². The topological polar surface area (TPSA) is 77.7 Å². The summed E-state index contributed by atoms with van der Waals surface area (Å²) in [7, 11) is 1.66. The summed E-state index contributed by atoms with van der Waals surface area (Å²) in [6.45, 7) is 2.59. The van der Waals surface area contributed by atoms with Crippen LogP contribution in [0.5, 0.6) is 0 Å². The number of anilines is 1. The van der Waals surface area contributed by atoms with Crippen molar-refractivity contribution in [2.24, 2.45) is 0 Å². The Morgan fingerprint density at radius 2 is 2.39 bits per heavy atom. The molecule has 1 saturated heterocycles. The summed E-state index contributed by atoms with van der Waals surface area (Å²) in [5.74, 6) is 1.52. The highest BCUT2D eigenvalue weighted by Gasteiger charge is 2.26. The van der Waals surface area contributed by atoms with Crippen molar-refractivity contribution in [3.63, 3.8) is 0 Å². The Balaban J connectivity index is 1.68. The molecule has 1 atom stereocenters. The van der Waals surface area contributed by atoms with E-state index in [1.165, 1.54) is 6.33 Å². The average molecular weight is 332 g/mol. The monoisotopic (exact) mass is 332 g/mol. The van der Waals surface area contributed by atoms with E-state index < -0.39 is 0 Å². The van der Waals surface area contributed by atoms with E-state index in [1.807, 2.05) is 11.4 Å². The maximum atomic E-state index is 5.87. The minimum absolute atomic E-state index is 0.0265. The van der Waals surface area contributed by atoms with Crippen LogP contribution in [-0.4, -0.2) is 51.4 Å². The predicted molar refractivity (Wildman–Crippen MR) is 84.5 cm³/mol. The van der Waals surface area contributed by atoms with Crippen LogP contribution >= 0.6 is 11.3 Å². The molecule has 4 rings (SSSR count). The van der Waals surface area contributed by atoms with Crippen molar-refractivity contribution in [2.45, 2.75) is 12.7 Å². The molecule has 1 fully saturated rings. The summed E-state index contributed by atoms with van der Waals surface area (Å²) in [4.78, 5) is 15.2. The second kappa shape index (κ2) is 6.19. The number of thiazole rings is 1. The Hall–Kier alpha value is -2.10. The molecule has 4 heterocycles. The summed E-state index contributed by atoms with van der Waals surface area (Å²) in [5, 5.41) is 7.25. The second-order valence-corrected chi connectivity index (χ2v) is 6.11. The lowest BCUT2D eigenvalue weighted by Gasteiger charge is -2.33. The van der Waals surface area contributed by atoms with Crippen LogP contribution in [-0.2, 0) is 16.1 Å². The first-order valence-electron chi connectivity index (χ1n) is 7.29. The first-order valence-corrected chi connectivity index (χ1v) is 8.17. The van der Waals surface area contributed by atoms with E-state index in [0.29, 0.717) is 19.0 Å². The molecule has 0 radical (unpaired) electrons.